The van der Waals surface area contributed by atoms with E-state index in [0.29, 0.717) is 12.8 Å². The first kappa shape index (κ1) is 19.4. The highest BCUT2D eigenvalue weighted by molar-refractivity contribution is 7.91. The molecule has 0 spiro atoms. The maximum atomic E-state index is 12.7. The number of rotatable bonds is 5. The molecule has 2 aliphatic rings. The molecule has 2 saturated heterocycles. The third-order valence-electron chi connectivity index (χ3n) is 5.65. The maximum absolute atomic E-state index is 12.7. The summed E-state index contributed by atoms with van der Waals surface area (Å²) >= 11 is 0. The van der Waals surface area contributed by atoms with Gasteiger partial charge in [0.05, 0.1) is 11.5 Å². The van der Waals surface area contributed by atoms with E-state index in [0.717, 1.165) is 21.4 Å². The summed E-state index contributed by atoms with van der Waals surface area (Å²) in [5.41, 5.74) is 1.85. The molecular formula is C19H22N4O5S. The Labute approximate surface area is 168 Å². The molecule has 0 unspecified atom stereocenters. The molecule has 1 aromatic carbocycles. The van der Waals surface area contributed by atoms with Crippen LogP contribution in [0.4, 0.5) is 4.79 Å². The molecule has 29 heavy (non-hydrogen) atoms. The molecule has 9 nitrogen and oxygen atoms in total. The van der Waals surface area contributed by atoms with Crippen molar-refractivity contribution in [2.24, 2.45) is 0 Å². The van der Waals surface area contributed by atoms with E-state index in [1.54, 1.807) is 0 Å². The number of hydrogen-bond acceptors (Lipinski definition) is 5. The van der Waals surface area contributed by atoms with Crippen molar-refractivity contribution in [2.75, 3.05) is 25.1 Å². The number of likely N-dealkylation sites (N-methyl/N-ethyl adjacent to an activating group) is 1. The Bertz CT molecular complexity index is 1090. The minimum atomic E-state index is -3.14. The molecule has 10 heteroatoms. The number of imide groups is 1. The van der Waals surface area contributed by atoms with Crippen LogP contribution >= 0.6 is 0 Å². The molecule has 4 rings (SSSR count). The molecule has 4 amide bonds. The molecule has 0 saturated carbocycles. The monoisotopic (exact) mass is 418 g/mol. The summed E-state index contributed by atoms with van der Waals surface area (Å²) in [5.74, 6) is -0.951. The van der Waals surface area contributed by atoms with E-state index < -0.39 is 46.3 Å². The van der Waals surface area contributed by atoms with Crippen molar-refractivity contribution in [3.63, 3.8) is 0 Å². The highest BCUT2D eigenvalue weighted by atomic mass is 32.2. The zero-order valence-corrected chi connectivity index (χ0v) is 16.7. The molecule has 154 valence electrons. The third-order valence-corrected chi connectivity index (χ3v) is 7.40. The Morgan fingerprint density at radius 2 is 2.03 bits per heavy atom. The van der Waals surface area contributed by atoms with Gasteiger partial charge in [-0.25, -0.2) is 13.2 Å². The molecule has 2 aromatic rings. The van der Waals surface area contributed by atoms with E-state index in [-0.39, 0.29) is 11.5 Å². The maximum Gasteiger partial charge on any atom is 0.325 e. The number of H-pyrrole nitrogens is 1. The lowest BCUT2D eigenvalue weighted by atomic mass is 10.1. The SMILES string of the molecule is CN(C(=O)CN1C(=O)N[C@H](Cc2c[nH]c3ccccc23)C1=O)[C@H]1CCS(=O)(=O)C1. The number of nitrogens with zero attached hydrogens (tertiary/aromatic N) is 2. The molecular weight excluding hydrogens is 396 g/mol. The van der Waals surface area contributed by atoms with E-state index in [1.807, 2.05) is 30.5 Å². The average Bonchev–Trinajstić information content (AvgIpc) is 3.33. The second-order valence-electron chi connectivity index (χ2n) is 7.55. The van der Waals surface area contributed by atoms with Crippen LogP contribution in [0.5, 0.6) is 0 Å². The molecule has 0 radical (unpaired) electrons. The fourth-order valence-corrected chi connectivity index (χ4v) is 5.69. The van der Waals surface area contributed by atoms with Crippen molar-refractivity contribution < 1.29 is 22.8 Å². The van der Waals surface area contributed by atoms with E-state index >= 15 is 0 Å². The fraction of sp³-hybridized carbons (Fsp3) is 0.421. The number of carbonyl (C=O) groups excluding carboxylic acids is 3. The first-order valence-electron chi connectivity index (χ1n) is 9.38. The lowest BCUT2D eigenvalue weighted by Gasteiger charge is -2.25. The molecule has 2 atom stereocenters. The summed E-state index contributed by atoms with van der Waals surface area (Å²) in [4.78, 5) is 42.9. The van der Waals surface area contributed by atoms with E-state index in [4.69, 9.17) is 0 Å². The zero-order valence-electron chi connectivity index (χ0n) is 15.9. The first-order valence-corrected chi connectivity index (χ1v) is 11.2. The van der Waals surface area contributed by atoms with Gasteiger partial charge in [0, 0.05) is 36.6 Å². The lowest BCUT2D eigenvalue weighted by molar-refractivity contribution is -0.137. The number of aromatic nitrogens is 1. The molecule has 1 aromatic heterocycles. The predicted octanol–water partition coefficient (Wildman–Crippen LogP) is 0.276. The molecule has 2 fully saturated rings. The van der Waals surface area contributed by atoms with Gasteiger partial charge in [-0.1, -0.05) is 18.2 Å². The Balaban J connectivity index is 1.42. The second-order valence-corrected chi connectivity index (χ2v) is 9.78. The Kier molecular flexibility index (Phi) is 4.81. The number of fused-ring (bicyclic) bond motifs is 1. The Morgan fingerprint density at radius 1 is 1.28 bits per heavy atom. The lowest BCUT2D eigenvalue weighted by Crippen LogP contribution is -2.46. The summed E-state index contributed by atoms with van der Waals surface area (Å²) in [6, 6.07) is 5.90. The van der Waals surface area contributed by atoms with Gasteiger partial charge in [-0.15, -0.1) is 0 Å². The third kappa shape index (κ3) is 3.71. The average molecular weight is 418 g/mol. The van der Waals surface area contributed by atoms with Crippen molar-refractivity contribution in [1.82, 2.24) is 20.1 Å². The van der Waals surface area contributed by atoms with Gasteiger partial charge in [-0.2, -0.15) is 0 Å². The van der Waals surface area contributed by atoms with Crippen molar-refractivity contribution >= 4 is 38.6 Å². The number of nitrogens with one attached hydrogen (secondary N) is 2. The normalized spacial score (nSPS) is 23.6. The van der Waals surface area contributed by atoms with Gasteiger partial charge < -0.3 is 15.2 Å². The van der Waals surface area contributed by atoms with Crippen molar-refractivity contribution in [3.8, 4) is 0 Å². The minimum absolute atomic E-state index is 0.0467. The first-order chi connectivity index (χ1) is 13.7. The Hall–Kier alpha value is -2.88. The quantitative estimate of drug-likeness (QED) is 0.676. The Morgan fingerprint density at radius 3 is 2.76 bits per heavy atom. The minimum Gasteiger partial charge on any atom is -0.361 e. The smallest absolute Gasteiger partial charge is 0.325 e. The second kappa shape index (κ2) is 7.18. The number of urea groups is 1. The van der Waals surface area contributed by atoms with Gasteiger partial charge in [-0.3, -0.25) is 14.5 Å². The van der Waals surface area contributed by atoms with Crippen LogP contribution in [-0.4, -0.2) is 78.2 Å². The highest BCUT2D eigenvalue weighted by Crippen LogP contribution is 2.22. The predicted molar refractivity (Wildman–Crippen MR) is 106 cm³/mol. The van der Waals surface area contributed by atoms with Gasteiger partial charge in [0.1, 0.15) is 12.6 Å². The number of carbonyl (C=O) groups is 3. The topological polar surface area (TPSA) is 120 Å². The number of para-hydroxylation sites is 1. The van der Waals surface area contributed by atoms with Crippen LogP contribution in [0, 0.1) is 0 Å². The molecule has 2 N–H and O–H groups in total. The molecule has 0 aliphatic carbocycles. The van der Waals surface area contributed by atoms with E-state index in [1.165, 1.54) is 11.9 Å². The number of sulfone groups is 1. The van der Waals surface area contributed by atoms with Crippen molar-refractivity contribution in [3.05, 3.63) is 36.0 Å². The van der Waals surface area contributed by atoms with Crippen molar-refractivity contribution in [2.45, 2.75) is 24.9 Å². The summed E-state index contributed by atoms with van der Waals surface area (Å²) in [6.45, 7) is -0.401. The van der Waals surface area contributed by atoms with Crippen LogP contribution in [0.2, 0.25) is 0 Å². The number of hydrogen-bond donors (Lipinski definition) is 2. The molecule has 3 heterocycles. The number of amides is 4. The van der Waals surface area contributed by atoms with Crippen LogP contribution < -0.4 is 5.32 Å². The standard InChI is InChI=1S/C19H22N4O5S/c1-22(13-6-7-29(27,28)11-13)17(24)10-23-18(25)16(21-19(23)26)8-12-9-20-15-5-3-2-4-14(12)15/h2-5,9,13,16,20H,6-8,10-11H2,1H3,(H,21,26)/t13-,16+/m0/s1. The zero-order chi connectivity index (χ0) is 20.8. The fourth-order valence-electron chi connectivity index (χ4n) is 3.92. The largest absolute Gasteiger partial charge is 0.361 e. The van der Waals surface area contributed by atoms with Crippen molar-refractivity contribution in [1.29, 1.82) is 0 Å². The van der Waals surface area contributed by atoms with Crippen LogP contribution in [0.1, 0.15) is 12.0 Å². The van der Waals surface area contributed by atoms with Gasteiger partial charge in [0.25, 0.3) is 5.91 Å². The van der Waals surface area contributed by atoms with Gasteiger partial charge in [-0.05, 0) is 18.1 Å². The molecule has 2 aliphatic heterocycles. The summed E-state index contributed by atoms with van der Waals surface area (Å²) in [5, 5.41) is 3.62. The number of benzene rings is 1. The summed E-state index contributed by atoms with van der Waals surface area (Å²) in [6.07, 6.45) is 2.50. The van der Waals surface area contributed by atoms with E-state index in [9.17, 15) is 22.8 Å². The number of aromatic amines is 1. The van der Waals surface area contributed by atoms with Gasteiger partial charge >= 0.3 is 6.03 Å². The van der Waals surface area contributed by atoms with Crippen LogP contribution in [0.25, 0.3) is 10.9 Å². The summed E-state index contributed by atoms with van der Waals surface area (Å²) < 4.78 is 23.3. The molecule has 0 bridgehead atoms. The van der Waals surface area contributed by atoms with Crippen LogP contribution in [-0.2, 0) is 25.8 Å². The van der Waals surface area contributed by atoms with E-state index in [2.05, 4.69) is 10.3 Å². The van der Waals surface area contributed by atoms with Crippen LogP contribution in [0.15, 0.2) is 30.5 Å². The highest BCUT2D eigenvalue weighted by Gasteiger charge is 2.41. The van der Waals surface area contributed by atoms with Crippen LogP contribution in [0.3, 0.4) is 0 Å². The summed E-state index contributed by atoms with van der Waals surface area (Å²) in [7, 11) is -1.63. The van der Waals surface area contributed by atoms with Gasteiger partial charge in [0.15, 0.2) is 9.84 Å². The van der Waals surface area contributed by atoms with Gasteiger partial charge in [0.2, 0.25) is 5.91 Å².